The number of carbonyl (C=O) groups is 3. The highest BCUT2D eigenvalue weighted by molar-refractivity contribution is 7.80. The van der Waals surface area contributed by atoms with E-state index in [0.717, 1.165) is 51.4 Å². The standard InChI is InChI=1S/C45H87N2O9PS/c1-6-8-10-12-14-16-18-20-22-23-25-27-29-31-33-41(44(49)42(46)39-58)45(50)56-40(38-55-57(51,52)54-36-35-47(3,4)5)37-53-43(48)34-32-30-28-26-24-21-19-17-15-13-11-9-7-2/h20,22,40-42H,6-19,21,23-39,46H2,1-5H3,(H-,51,52,58)/p+1/b22-20-. The third kappa shape index (κ3) is 35.5. The Morgan fingerprint density at radius 1 is 0.690 bits per heavy atom. The molecule has 0 aliphatic rings. The Labute approximate surface area is 360 Å². The largest absolute Gasteiger partial charge is 0.472 e. The van der Waals surface area contributed by atoms with Gasteiger partial charge in [-0.1, -0.05) is 154 Å². The molecule has 13 heteroatoms. The monoisotopic (exact) mass is 864 g/mol. The molecule has 0 spiro atoms. The van der Waals surface area contributed by atoms with E-state index in [9.17, 15) is 23.8 Å². The number of ketones is 1. The third-order valence-electron chi connectivity index (χ3n) is 10.3. The molecule has 0 saturated carbocycles. The van der Waals surface area contributed by atoms with E-state index in [-0.39, 0.29) is 25.2 Å². The minimum absolute atomic E-state index is 0.0382. The normalized spacial score (nSPS) is 14.6. The Bertz CT molecular complexity index is 1100. The van der Waals surface area contributed by atoms with Gasteiger partial charge in [0.2, 0.25) is 0 Å². The molecule has 4 atom stereocenters. The summed E-state index contributed by atoms with van der Waals surface area (Å²) in [7, 11) is 1.24. The lowest BCUT2D eigenvalue weighted by Crippen LogP contribution is -2.42. The fraction of sp³-hybridized carbons (Fsp3) is 0.889. The van der Waals surface area contributed by atoms with E-state index < -0.39 is 56.8 Å². The van der Waals surface area contributed by atoms with Crippen LogP contribution in [-0.4, -0.2) is 92.5 Å². The number of nitrogens with two attached hydrogens (primary N) is 1. The van der Waals surface area contributed by atoms with Crippen molar-refractivity contribution in [3.63, 3.8) is 0 Å². The van der Waals surface area contributed by atoms with Crippen molar-refractivity contribution < 1.29 is 46.8 Å². The lowest BCUT2D eigenvalue weighted by molar-refractivity contribution is -0.870. The first-order chi connectivity index (χ1) is 27.8. The molecule has 4 unspecified atom stereocenters. The van der Waals surface area contributed by atoms with Crippen molar-refractivity contribution in [1.29, 1.82) is 0 Å². The summed E-state index contributed by atoms with van der Waals surface area (Å²) in [6.45, 7) is 3.92. The van der Waals surface area contributed by atoms with Crippen LogP contribution in [0.25, 0.3) is 0 Å². The Balaban J connectivity index is 5.06. The topological polar surface area (TPSA) is 151 Å². The minimum atomic E-state index is -4.52. The second kappa shape index (κ2) is 37.5. The summed E-state index contributed by atoms with van der Waals surface area (Å²) in [4.78, 5) is 49.8. The molecule has 0 bridgehead atoms. The summed E-state index contributed by atoms with van der Waals surface area (Å²) in [5.74, 6) is -2.86. The average Bonchev–Trinajstić information content (AvgIpc) is 3.18. The Hall–Kier alpha value is -1.27. The molecule has 3 N–H and O–H groups in total. The van der Waals surface area contributed by atoms with Crippen LogP contribution in [0.15, 0.2) is 12.2 Å². The van der Waals surface area contributed by atoms with Gasteiger partial charge in [0.15, 0.2) is 11.9 Å². The van der Waals surface area contributed by atoms with E-state index in [1.807, 2.05) is 21.1 Å². The second-order valence-corrected chi connectivity index (χ2v) is 18.9. The van der Waals surface area contributed by atoms with E-state index in [0.29, 0.717) is 23.9 Å². The number of phosphoric acid groups is 1. The lowest BCUT2D eigenvalue weighted by Gasteiger charge is -2.25. The molecular formula is C45H88N2O9PS+. The summed E-state index contributed by atoms with van der Waals surface area (Å²) in [5.41, 5.74) is 6.03. The van der Waals surface area contributed by atoms with Crippen molar-refractivity contribution in [2.45, 2.75) is 199 Å². The number of thiol groups is 1. The minimum Gasteiger partial charge on any atom is -0.462 e. The molecular weight excluding hydrogens is 776 g/mol. The Kier molecular flexibility index (Phi) is 36.7. The van der Waals surface area contributed by atoms with Crippen molar-refractivity contribution in [1.82, 2.24) is 0 Å². The summed E-state index contributed by atoms with van der Waals surface area (Å²) in [6.07, 6.45) is 32.5. The van der Waals surface area contributed by atoms with Gasteiger partial charge in [-0.15, -0.1) is 0 Å². The van der Waals surface area contributed by atoms with Gasteiger partial charge in [-0.3, -0.25) is 23.4 Å². The highest BCUT2D eigenvalue weighted by Crippen LogP contribution is 2.43. The van der Waals surface area contributed by atoms with Gasteiger partial charge in [-0.05, 0) is 38.5 Å². The number of allylic oxidation sites excluding steroid dienone is 2. The van der Waals surface area contributed by atoms with Crippen molar-refractivity contribution in [3.8, 4) is 0 Å². The fourth-order valence-corrected chi connectivity index (χ4v) is 7.44. The molecule has 0 saturated heterocycles. The van der Waals surface area contributed by atoms with Gasteiger partial charge in [0.25, 0.3) is 0 Å². The quantitative estimate of drug-likeness (QED) is 0.0103. The smallest absolute Gasteiger partial charge is 0.462 e. The maximum atomic E-state index is 13.5. The van der Waals surface area contributed by atoms with Crippen LogP contribution in [0.1, 0.15) is 187 Å². The number of ether oxygens (including phenoxy) is 2. The summed E-state index contributed by atoms with van der Waals surface area (Å²) >= 11 is 4.17. The van der Waals surface area contributed by atoms with Gasteiger partial charge in [0.1, 0.15) is 25.7 Å². The van der Waals surface area contributed by atoms with Crippen LogP contribution in [0.2, 0.25) is 0 Å². The van der Waals surface area contributed by atoms with Crippen LogP contribution < -0.4 is 5.73 Å². The SMILES string of the molecule is CCCCCCCC/C=C\CCCCCCC(C(=O)OC(COC(=O)CCCCCCCCCCCCCCC)COP(=O)(O)OCC[N+](C)(C)C)C(=O)C(N)CS. The molecule has 0 aromatic carbocycles. The Morgan fingerprint density at radius 2 is 1.16 bits per heavy atom. The van der Waals surface area contributed by atoms with Crippen molar-refractivity contribution in [2.75, 3.05) is 53.3 Å². The summed E-state index contributed by atoms with van der Waals surface area (Å²) in [6, 6.07) is -0.960. The molecule has 342 valence electrons. The Morgan fingerprint density at radius 3 is 1.64 bits per heavy atom. The zero-order chi connectivity index (χ0) is 43.3. The van der Waals surface area contributed by atoms with E-state index in [4.69, 9.17) is 24.3 Å². The number of esters is 2. The molecule has 0 amide bonds. The van der Waals surface area contributed by atoms with Crippen molar-refractivity contribution in [3.05, 3.63) is 12.2 Å². The van der Waals surface area contributed by atoms with Crippen molar-refractivity contribution >= 4 is 38.2 Å². The number of rotatable bonds is 42. The van der Waals surface area contributed by atoms with E-state index in [2.05, 4.69) is 38.6 Å². The molecule has 0 rings (SSSR count). The molecule has 0 fully saturated rings. The van der Waals surface area contributed by atoms with Crippen LogP contribution in [0.4, 0.5) is 0 Å². The third-order valence-corrected chi connectivity index (χ3v) is 11.7. The summed E-state index contributed by atoms with van der Waals surface area (Å²) in [5, 5.41) is 0. The first-order valence-corrected chi connectivity index (χ1v) is 25.2. The number of likely N-dealkylation sites (N-methyl/N-ethyl adjacent to an activating group) is 1. The van der Waals surface area contributed by atoms with Crippen molar-refractivity contribution in [2.24, 2.45) is 11.7 Å². The molecule has 0 aromatic heterocycles. The van der Waals surface area contributed by atoms with Gasteiger partial charge in [-0.2, -0.15) is 12.6 Å². The predicted octanol–water partition coefficient (Wildman–Crippen LogP) is 10.9. The zero-order valence-corrected chi connectivity index (χ0v) is 39.4. The molecule has 0 aliphatic heterocycles. The van der Waals surface area contributed by atoms with E-state index in [1.54, 1.807) is 0 Å². The second-order valence-electron chi connectivity index (χ2n) is 17.1. The number of unbranched alkanes of at least 4 members (excludes halogenated alkanes) is 22. The highest BCUT2D eigenvalue weighted by atomic mass is 32.1. The molecule has 58 heavy (non-hydrogen) atoms. The number of hydrogen-bond donors (Lipinski definition) is 3. The molecule has 0 heterocycles. The van der Waals surface area contributed by atoms with Crippen LogP contribution >= 0.6 is 20.5 Å². The van der Waals surface area contributed by atoms with Crippen LogP contribution in [0, 0.1) is 5.92 Å². The van der Waals surface area contributed by atoms with Gasteiger partial charge in [0.05, 0.1) is 33.8 Å². The molecule has 11 nitrogen and oxygen atoms in total. The van der Waals surface area contributed by atoms with E-state index in [1.165, 1.54) is 96.3 Å². The predicted molar refractivity (Wildman–Crippen MR) is 241 cm³/mol. The average molecular weight is 864 g/mol. The molecule has 0 aliphatic carbocycles. The fourth-order valence-electron chi connectivity index (χ4n) is 6.52. The van der Waals surface area contributed by atoms with Gasteiger partial charge in [-0.25, -0.2) is 4.57 Å². The number of phosphoric ester groups is 1. The number of quaternary nitrogens is 1. The molecule has 0 aromatic rings. The van der Waals surface area contributed by atoms with E-state index >= 15 is 0 Å². The maximum absolute atomic E-state index is 13.5. The number of hydrogen-bond acceptors (Lipinski definition) is 10. The number of carbonyl (C=O) groups excluding carboxylic acids is 3. The lowest BCUT2D eigenvalue weighted by atomic mass is 9.93. The summed E-state index contributed by atoms with van der Waals surface area (Å²) < 4.78 is 34.7. The van der Waals surface area contributed by atoms with Crippen LogP contribution in [0.5, 0.6) is 0 Å². The van der Waals surface area contributed by atoms with Gasteiger partial charge < -0.3 is 24.6 Å². The van der Waals surface area contributed by atoms with Crippen LogP contribution in [0.3, 0.4) is 0 Å². The first-order valence-electron chi connectivity index (χ1n) is 23.1. The van der Waals surface area contributed by atoms with Gasteiger partial charge >= 0.3 is 19.8 Å². The molecule has 0 radical (unpaired) electrons. The van der Waals surface area contributed by atoms with Crippen LogP contribution in [-0.2, 0) is 37.5 Å². The number of Topliss-reactive ketones (excluding diaryl/α,β-unsaturated/α-hetero) is 1. The zero-order valence-electron chi connectivity index (χ0n) is 37.6. The first kappa shape index (κ1) is 56.7. The van der Waals surface area contributed by atoms with Gasteiger partial charge in [0, 0.05) is 12.2 Å². The number of nitrogens with zero attached hydrogens (tertiary/aromatic N) is 1. The highest BCUT2D eigenvalue weighted by Gasteiger charge is 2.34. The maximum Gasteiger partial charge on any atom is 0.472 e.